The molecule has 0 aliphatic carbocycles. The van der Waals surface area contributed by atoms with Gasteiger partial charge in [0.15, 0.2) is 9.84 Å². The average Bonchev–Trinajstić information content (AvgIpc) is 2.27. The van der Waals surface area contributed by atoms with E-state index in [0.29, 0.717) is 12.0 Å². The minimum atomic E-state index is -3.14. The molecule has 16 heavy (non-hydrogen) atoms. The molecule has 1 rings (SSSR count). The van der Waals surface area contributed by atoms with E-state index in [9.17, 15) is 13.5 Å². The zero-order valence-corrected chi connectivity index (χ0v) is 10.3. The van der Waals surface area contributed by atoms with Gasteiger partial charge in [0.05, 0.1) is 17.6 Å². The summed E-state index contributed by atoms with van der Waals surface area (Å²) in [6, 6.07) is 8.89. The van der Waals surface area contributed by atoms with Crippen LogP contribution in [0.15, 0.2) is 30.3 Å². The zero-order valence-electron chi connectivity index (χ0n) is 9.46. The summed E-state index contributed by atoms with van der Waals surface area (Å²) < 4.78 is 23.2. The molecule has 3 nitrogen and oxygen atoms in total. The van der Waals surface area contributed by atoms with Crippen molar-refractivity contribution in [3.05, 3.63) is 35.9 Å². The quantitative estimate of drug-likeness (QED) is 0.829. The summed E-state index contributed by atoms with van der Waals surface area (Å²) in [6.07, 6.45) is 0.591. The van der Waals surface area contributed by atoms with Crippen LogP contribution in [-0.4, -0.2) is 25.0 Å². The van der Waals surface area contributed by atoms with Crippen molar-refractivity contribution in [1.82, 2.24) is 0 Å². The minimum Gasteiger partial charge on any atom is -0.387 e. The number of hydrogen-bond acceptors (Lipinski definition) is 3. The molecule has 1 aromatic rings. The van der Waals surface area contributed by atoms with Crippen LogP contribution < -0.4 is 0 Å². The normalized spacial score (nSPS) is 13.6. The van der Waals surface area contributed by atoms with Gasteiger partial charge in [-0.25, -0.2) is 8.42 Å². The Labute approximate surface area is 97.0 Å². The molecule has 0 spiro atoms. The SMILES string of the molecule is CCCCS(=O)(=O)CC(O)c1ccccc1. The predicted molar refractivity (Wildman–Crippen MR) is 65.0 cm³/mol. The van der Waals surface area contributed by atoms with Crippen LogP contribution in [0.1, 0.15) is 31.4 Å². The molecule has 0 heterocycles. The third kappa shape index (κ3) is 4.33. The topological polar surface area (TPSA) is 54.4 Å². The molecule has 0 amide bonds. The molecular formula is C12H18O3S. The second kappa shape index (κ2) is 6.01. The fourth-order valence-corrected chi connectivity index (χ4v) is 3.03. The van der Waals surface area contributed by atoms with Crippen LogP contribution in [0.3, 0.4) is 0 Å². The summed E-state index contributed by atoms with van der Waals surface area (Å²) in [5.74, 6) is -0.0234. The van der Waals surface area contributed by atoms with Crippen molar-refractivity contribution >= 4 is 9.84 Å². The van der Waals surface area contributed by atoms with E-state index < -0.39 is 15.9 Å². The number of aliphatic hydroxyl groups excluding tert-OH is 1. The molecule has 90 valence electrons. The highest BCUT2D eigenvalue weighted by atomic mass is 32.2. The summed E-state index contributed by atoms with van der Waals surface area (Å²) in [5, 5.41) is 9.78. The number of aliphatic hydroxyl groups is 1. The van der Waals surface area contributed by atoms with Gasteiger partial charge in [0.2, 0.25) is 0 Å². The van der Waals surface area contributed by atoms with E-state index in [1.807, 2.05) is 13.0 Å². The van der Waals surface area contributed by atoms with Crippen molar-refractivity contribution in [3.8, 4) is 0 Å². The van der Waals surface area contributed by atoms with Crippen LogP contribution in [0, 0.1) is 0 Å². The van der Waals surface area contributed by atoms with Gasteiger partial charge < -0.3 is 5.11 Å². The first-order valence-corrected chi connectivity index (χ1v) is 7.30. The van der Waals surface area contributed by atoms with Crippen molar-refractivity contribution in [3.63, 3.8) is 0 Å². The van der Waals surface area contributed by atoms with Crippen LogP contribution in [0.5, 0.6) is 0 Å². The summed E-state index contributed by atoms with van der Waals surface area (Å²) in [4.78, 5) is 0. The van der Waals surface area contributed by atoms with E-state index in [1.54, 1.807) is 24.3 Å². The highest BCUT2D eigenvalue weighted by Gasteiger charge is 2.17. The fourth-order valence-electron chi connectivity index (χ4n) is 1.46. The van der Waals surface area contributed by atoms with Gasteiger partial charge in [0, 0.05) is 0 Å². The van der Waals surface area contributed by atoms with Crippen LogP contribution in [0.25, 0.3) is 0 Å². The fraction of sp³-hybridized carbons (Fsp3) is 0.500. The molecule has 0 aliphatic rings. The molecular weight excluding hydrogens is 224 g/mol. The van der Waals surface area contributed by atoms with E-state index >= 15 is 0 Å². The van der Waals surface area contributed by atoms with Crippen LogP contribution in [0.4, 0.5) is 0 Å². The highest BCUT2D eigenvalue weighted by Crippen LogP contribution is 2.15. The summed E-state index contributed by atoms with van der Waals surface area (Å²) >= 11 is 0. The van der Waals surface area contributed by atoms with E-state index in [1.165, 1.54) is 0 Å². The first-order valence-electron chi connectivity index (χ1n) is 5.48. The molecule has 0 fully saturated rings. The van der Waals surface area contributed by atoms with E-state index in [2.05, 4.69) is 0 Å². The van der Waals surface area contributed by atoms with Gasteiger partial charge in [-0.2, -0.15) is 0 Å². The van der Waals surface area contributed by atoms with Crippen molar-refractivity contribution < 1.29 is 13.5 Å². The second-order valence-electron chi connectivity index (χ2n) is 3.89. The molecule has 1 unspecified atom stereocenters. The van der Waals surface area contributed by atoms with Crippen molar-refractivity contribution in [2.24, 2.45) is 0 Å². The Bertz CT molecular complexity index is 398. The Balaban J connectivity index is 2.61. The lowest BCUT2D eigenvalue weighted by Crippen LogP contribution is -2.17. The number of rotatable bonds is 6. The molecule has 0 bridgehead atoms. The van der Waals surface area contributed by atoms with Crippen LogP contribution in [0.2, 0.25) is 0 Å². The van der Waals surface area contributed by atoms with Gasteiger partial charge in [-0.15, -0.1) is 0 Å². The summed E-state index contributed by atoms with van der Waals surface area (Å²) in [7, 11) is -3.14. The first-order chi connectivity index (χ1) is 7.55. The van der Waals surface area contributed by atoms with Gasteiger partial charge in [-0.05, 0) is 12.0 Å². The third-order valence-corrected chi connectivity index (χ3v) is 4.14. The van der Waals surface area contributed by atoms with Crippen molar-refractivity contribution in [2.45, 2.75) is 25.9 Å². The van der Waals surface area contributed by atoms with E-state index in [-0.39, 0.29) is 11.5 Å². The van der Waals surface area contributed by atoms with Gasteiger partial charge in [-0.3, -0.25) is 0 Å². The Morgan fingerprint density at radius 3 is 2.44 bits per heavy atom. The van der Waals surface area contributed by atoms with Gasteiger partial charge in [0.1, 0.15) is 0 Å². The maximum Gasteiger partial charge on any atom is 0.153 e. The number of sulfone groups is 1. The molecule has 0 saturated carbocycles. The Morgan fingerprint density at radius 2 is 1.88 bits per heavy atom. The largest absolute Gasteiger partial charge is 0.387 e. The van der Waals surface area contributed by atoms with E-state index in [4.69, 9.17) is 0 Å². The Kier molecular flexibility index (Phi) is 4.96. The second-order valence-corrected chi connectivity index (χ2v) is 6.12. The summed E-state index contributed by atoms with van der Waals surface area (Å²) in [5.41, 5.74) is 0.655. The Hall–Kier alpha value is -0.870. The number of benzene rings is 1. The van der Waals surface area contributed by atoms with Crippen molar-refractivity contribution in [1.29, 1.82) is 0 Å². The smallest absolute Gasteiger partial charge is 0.153 e. The van der Waals surface area contributed by atoms with Gasteiger partial charge in [0.25, 0.3) is 0 Å². The van der Waals surface area contributed by atoms with Gasteiger partial charge >= 0.3 is 0 Å². The molecule has 1 atom stereocenters. The van der Waals surface area contributed by atoms with E-state index in [0.717, 1.165) is 6.42 Å². The maximum absolute atomic E-state index is 11.6. The molecule has 0 aliphatic heterocycles. The summed E-state index contributed by atoms with van der Waals surface area (Å²) in [6.45, 7) is 1.95. The van der Waals surface area contributed by atoms with Gasteiger partial charge in [-0.1, -0.05) is 43.7 Å². The molecule has 1 aromatic carbocycles. The molecule has 0 aromatic heterocycles. The molecule has 0 radical (unpaired) electrons. The highest BCUT2D eigenvalue weighted by molar-refractivity contribution is 7.91. The predicted octanol–water partition coefficient (Wildman–Crippen LogP) is 1.93. The minimum absolute atomic E-state index is 0.160. The molecule has 4 heteroatoms. The lowest BCUT2D eigenvalue weighted by Gasteiger charge is -2.11. The monoisotopic (exact) mass is 242 g/mol. The lowest BCUT2D eigenvalue weighted by molar-refractivity contribution is 0.201. The van der Waals surface area contributed by atoms with Crippen molar-refractivity contribution in [2.75, 3.05) is 11.5 Å². The number of hydrogen-bond donors (Lipinski definition) is 1. The maximum atomic E-state index is 11.6. The van der Waals surface area contributed by atoms with Crippen LogP contribution >= 0.6 is 0 Å². The average molecular weight is 242 g/mol. The number of unbranched alkanes of at least 4 members (excludes halogenated alkanes) is 1. The molecule has 1 N–H and O–H groups in total. The third-order valence-electron chi connectivity index (χ3n) is 2.41. The lowest BCUT2D eigenvalue weighted by atomic mass is 10.1. The first kappa shape index (κ1) is 13.2. The van der Waals surface area contributed by atoms with Crippen LogP contribution in [-0.2, 0) is 9.84 Å². The molecule has 0 saturated heterocycles. The standard InChI is InChI=1S/C12H18O3S/c1-2-3-9-16(14,15)10-12(13)11-7-5-4-6-8-11/h4-8,12-13H,2-3,9-10H2,1H3. The zero-order chi connectivity index (χ0) is 12.0. The Morgan fingerprint density at radius 1 is 1.25 bits per heavy atom.